The smallest absolute Gasteiger partial charge is 0.129 e. The van der Waals surface area contributed by atoms with Crippen LogP contribution in [-0.2, 0) is 4.74 Å². The van der Waals surface area contributed by atoms with Crippen molar-refractivity contribution < 1.29 is 4.74 Å². The summed E-state index contributed by atoms with van der Waals surface area (Å²) in [6.07, 6.45) is 4.04. The molecule has 0 amide bonds. The summed E-state index contributed by atoms with van der Waals surface area (Å²) >= 11 is 0. The molecule has 82 valence electrons. The fourth-order valence-corrected chi connectivity index (χ4v) is 1.87. The van der Waals surface area contributed by atoms with E-state index in [9.17, 15) is 0 Å². The Balaban J connectivity index is 1.96. The van der Waals surface area contributed by atoms with E-state index in [1.807, 2.05) is 13.0 Å². The van der Waals surface area contributed by atoms with Gasteiger partial charge >= 0.3 is 0 Å². The summed E-state index contributed by atoms with van der Waals surface area (Å²) in [5.74, 6) is 0.918. The Labute approximate surface area is 90.1 Å². The van der Waals surface area contributed by atoms with Gasteiger partial charge in [-0.05, 0) is 26.7 Å². The fraction of sp³-hybridized carbons (Fsp3) is 0.636. The number of aryl methyl sites for hydroxylation is 1. The Hall–Kier alpha value is -1.16. The van der Waals surface area contributed by atoms with E-state index >= 15 is 0 Å². The molecule has 0 aliphatic carbocycles. The van der Waals surface area contributed by atoms with Crippen LogP contribution in [0.5, 0.6) is 0 Å². The number of ether oxygens (including phenoxy) is 1. The molecule has 0 saturated carbocycles. The van der Waals surface area contributed by atoms with Gasteiger partial charge in [0.05, 0.1) is 6.10 Å². The lowest BCUT2D eigenvalue weighted by molar-refractivity contribution is 0.0232. The number of hydrogen-bond donors (Lipinski definition) is 1. The molecule has 0 aromatic carbocycles. The molecule has 2 atom stereocenters. The van der Waals surface area contributed by atoms with E-state index in [1.165, 1.54) is 0 Å². The van der Waals surface area contributed by atoms with Crippen LogP contribution in [-0.4, -0.2) is 28.7 Å². The summed E-state index contributed by atoms with van der Waals surface area (Å²) in [7, 11) is 0. The van der Waals surface area contributed by atoms with Gasteiger partial charge in [0.25, 0.3) is 0 Å². The van der Waals surface area contributed by atoms with Gasteiger partial charge in [-0.15, -0.1) is 0 Å². The third kappa shape index (κ3) is 2.89. The van der Waals surface area contributed by atoms with Crippen molar-refractivity contribution >= 4 is 5.82 Å². The predicted molar refractivity (Wildman–Crippen MR) is 58.8 cm³/mol. The Morgan fingerprint density at radius 2 is 2.33 bits per heavy atom. The van der Waals surface area contributed by atoms with Gasteiger partial charge in [-0.1, -0.05) is 0 Å². The summed E-state index contributed by atoms with van der Waals surface area (Å²) in [6.45, 7) is 4.92. The van der Waals surface area contributed by atoms with Crippen molar-refractivity contribution in [2.45, 2.75) is 38.8 Å². The molecule has 0 radical (unpaired) electrons. The molecule has 1 aliphatic rings. The number of hydrogen-bond acceptors (Lipinski definition) is 4. The molecule has 2 unspecified atom stereocenters. The maximum atomic E-state index is 5.50. The van der Waals surface area contributed by atoms with Gasteiger partial charge in [-0.25, -0.2) is 9.97 Å². The SMILES string of the molecule is Cc1cc(NC2CCOC(C)C2)ncn1. The monoisotopic (exact) mass is 207 g/mol. The van der Waals surface area contributed by atoms with Crippen molar-refractivity contribution in [1.29, 1.82) is 0 Å². The van der Waals surface area contributed by atoms with Crippen molar-refractivity contribution in [2.24, 2.45) is 0 Å². The third-order valence-electron chi connectivity index (χ3n) is 2.64. The quantitative estimate of drug-likeness (QED) is 0.802. The van der Waals surface area contributed by atoms with E-state index < -0.39 is 0 Å². The minimum absolute atomic E-state index is 0.346. The van der Waals surface area contributed by atoms with Crippen LogP contribution in [0, 0.1) is 6.92 Å². The number of nitrogens with zero attached hydrogens (tertiary/aromatic N) is 2. The zero-order chi connectivity index (χ0) is 10.7. The summed E-state index contributed by atoms with van der Waals surface area (Å²) in [5.41, 5.74) is 0.993. The standard InChI is InChI=1S/C11H17N3O/c1-8-5-11(13-7-12-8)14-10-3-4-15-9(2)6-10/h5,7,9-10H,3-4,6H2,1-2H3,(H,12,13,14). The number of aromatic nitrogens is 2. The highest BCUT2D eigenvalue weighted by Gasteiger charge is 2.19. The molecule has 1 N–H and O–H groups in total. The highest BCUT2D eigenvalue weighted by Crippen LogP contribution is 2.17. The van der Waals surface area contributed by atoms with Crippen LogP contribution >= 0.6 is 0 Å². The zero-order valence-electron chi connectivity index (χ0n) is 9.23. The second kappa shape index (κ2) is 4.57. The van der Waals surface area contributed by atoms with Crippen LogP contribution < -0.4 is 5.32 Å². The van der Waals surface area contributed by atoms with Crippen molar-refractivity contribution in [3.8, 4) is 0 Å². The lowest BCUT2D eigenvalue weighted by atomic mass is 10.0. The molecule has 4 heteroatoms. The van der Waals surface area contributed by atoms with E-state index in [2.05, 4.69) is 22.2 Å². The van der Waals surface area contributed by atoms with Crippen LogP contribution in [0.4, 0.5) is 5.82 Å². The predicted octanol–water partition coefficient (Wildman–Crippen LogP) is 1.76. The van der Waals surface area contributed by atoms with Gasteiger partial charge in [-0.2, -0.15) is 0 Å². The van der Waals surface area contributed by atoms with E-state index in [0.717, 1.165) is 31.0 Å². The third-order valence-corrected chi connectivity index (χ3v) is 2.64. The Kier molecular flexibility index (Phi) is 3.16. The second-order valence-electron chi connectivity index (χ2n) is 4.09. The van der Waals surface area contributed by atoms with Crippen LogP contribution in [0.2, 0.25) is 0 Å². The van der Waals surface area contributed by atoms with Gasteiger partial charge in [0, 0.05) is 24.4 Å². The molecule has 2 rings (SSSR count). The summed E-state index contributed by atoms with van der Waals surface area (Å²) in [6, 6.07) is 2.45. The lowest BCUT2D eigenvalue weighted by Crippen LogP contribution is -2.32. The number of anilines is 1. The van der Waals surface area contributed by atoms with Gasteiger partial charge in [0.1, 0.15) is 12.1 Å². The first-order chi connectivity index (χ1) is 7.24. The molecular weight excluding hydrogens is 190 g/mol. The molecular formula is C11H17N3O. The van der Waals surface area contributed by atoms with E-state index in [1.54, 1.807) is 6.33 Å². The van der Waals surface area contributed by atoms with E-state index in [0.29, 0.717) is 12.1 Å². The van der Waals surface area contributed by atoms with Gasteiger partial charge in [0.2, 0.25) is 0 Å². The average molecular weight is 207 g/mol. The summed E-state index contributed by atoms with van der Waals surface area (Å²) < 4.78 is 5.50. The first-order valence-corrected chi connectivity index (χ1v) is 5.41. The molecule has 1 fully saturated rings. The molecule has 4 nitrogen and oxygen atoms in total. The lowest BCUT2D eigenvalue weighted by Gasteiger charge is -2.28. The van der Waals surface area contributed by atoms with Crippen LogP contribution in [0.1, 0.15) is 25.5 Å². The maximum Gasteiger partial charge on any atom is 0.129 e. The van der Waals surface area contributed by atoms with Gasteiger partial charge < -0.3 is 10.1 Å². The van der Waals surface area contributed by atoms with Crippen molar-refractivity contribution in [3.63, 3.8) is 0 Å². The maximum absolute atomic E-state index is 5.50. The Morgan fingerprint density at radius 1 is 1.47 bits per heavy atom. The first-order valence-electron chi connectivity index (χ1n) is 5.41. The summed E-state index contributed by atoms with van der Waals surface area (Å²) in [4.78, 5) is 8.27. The van der Waals surface area contributed by atoms with Crippen molar-refractivity contribution in [1.82, 2.24) is 9.97 Å². The van der Waals surface area contributed by atoms with E-state index in [-0.39, 0.29) is 0 Å². The molecule has 0 spiro atoms. The topological polar surface area (TPSA) is 47.0 Å². The Bertz CT molecular complexity index is 329. The average Bonchev–Trinajstić information content (AvgIpc) is 2.17. The zero-order valence-corrected chi connectivity index (χ0v) is 9.23. The number of rotatable bonds is 2. The molecule has 1 saturated heterocycles. The molecule has 1 aromatic heterocycles. The van der Waals surface area contributed by atoms with Crippen LogP contribution in [0.15, 0.2) is 12.4 Å². The number of nitrogens with one attached hydrogen (secondary N) is 1. The highest BCUT2D eigenvalue weighted by atomic mass is 16.5. The largest absolute Gasteiger partial charge is 0.378 e. The van der Waals surface area contributed by atoms with Crippen molar-refractivity contribution in [2.75, 3.05) is 11.9 Å². The molecule has 1 aromatic rings. The molecule has 0 bridgehead atoms. The van der Waals surface area contributed by atoms with Crippen molar-refractivity contribution in [3.05, 3.63) is 18.1 Å². The molecule has 2 heterocycles. The van der Waals surface area contributed by atoms with Crippen LogP contribution in [0.3, 0.4) is 0 Å². The Morgan fingerprint density at radius 3 is 3.07 bits per heavy atom. The fourth-order valence-electron chi connectivity index (χ4n) is 1.87. The first kappa shape index (κ1) is 10.4. The molecule has 1 aliphatic heterocycles. The minimum atomic E-state index is 0.346. The normalized spacial score (nSPS) is 26.3. The highest BCUT2D eigenvalue weighted by molar-refractivity contribution is 5.35. The van der Waals surface area contributed by atoms with Gasteiger partial charge in [0.15, 0.2) is 0 Å². The second-order valence-corrected chi connectivity index (χ2v) is 4.09. The minimum Gasteiger partial charge on any atom is -0.378 e. The molecule has 15 heavy (non-hydrogen) atoms. The van der Waals surface area contributed by atoms with Crippen LogP contribution in [0.25, 0.3) is 0 Å². The van der Waals surface area contributed by atoms with Gasteiger partial charge in [-0.3, -0.25) is 0 Å². The summed E-state index contributed by atoms with van der Waals surface area (Å²) in [5, 5.41) is 3.42. The van der Waals surface area contributed by atoms with E-state index in [4.69, 9.17) is 4.74 Å².